The van der Waals surface area contributed by atoms with Crippen LogP contribution in [0.1, 0.15) is 11.1 Å². The van der Waals surface area contributed by atoms with E-state index < -0.39 is 5.97 Å². The van der Waals surface area contributed by atoms with E-state index in [2.05, 4.69) is 0 Å². The predicted molar refractivity (Wildman–Crippen MR) is 77.9 cm³/mol. The number of rotatable bonds is 1. The van der Waals surface area contributed by atoms with Crippen molar-refractivity contribution in [1.29, 1.82) is 0 Å². The van der Waals surface area contributed by atoms with Gasteiger partial charge in [0.15, 0.2) is 0 Å². The lowest BCUT2D eigenvalue weighted by atomic mass is 10.0. The number of fused-ring (bicyclic) bond motifs is 2. The molecule has 1 heterocycles. The lowest BCUT2D eigenvalue weighted by Crippen LogP contribution is -2.03. The molecule has 2 aromatic carbocycles. The Morgan fingerprint density at radius 1 is 1.15 bits per heavy atom. The summed E-state index contributed by atoms with van der Waals surface area (Å²) in [6.45, 7) is 0. The molecule has 0 aromatic heterocycles. The van der Waals surface area contributed by atoms with Crippen molar-refractivity contribution < 1.29 is 14.3 Å². The molecule has 0 unspecified atom stereocenters. The summed E-state index contributed by atoms with van der Waals surface area (Å²) in [7, 11) is 1.36. The first kappa shape index (κ1) is 12.8. The number of benzene rings is 2. The molecule has 0 bridgehead atoms. The number of methoxy groups -OCH3 is 1. The second-order valence-electron chi connectivity index (χ2n) is 4.33. The van der Waals surface area contributed by atoms with Gasteiger partial charge in [-0.25, -0.2) is 4.79 Å². The first-order chi connectivity index (χ1) is 9.69. The molecule has 3 rings (SSSR count). The van der Waals surface area contributed by atoms with E-state index in [1.807, 2.05) is 24.3 Å². The highest BCUT2D eigenvalue weighted by molar-refractivity contribution is 6.31. The van der Waals surface area contributed by atoms with Crippen molar-refractivity contribution in [2.45, 2.75) is 0 Å². The van der Waals surface area contributed by atoms with Crippen LogP contribution in [0.4, 0.5) is 0 Å². The molecule has 0 amide bonds. The minimum atomic E-state index is -0.408. The van der Waals surface area contributed by atoms with E-state index in [4.69, 9.17) is 21.1 Å². The number of para-hydroxylation sites is 1. The van der Waals surface area contributed by atoms with E-state index in [1.165, 1.54) is 7.11 Å². The summed E-state index contributed by atoms with van der Waals surface area (Å²) >= 11 is 6.00. The van der Waals surface area contributed by atoms with Crippen LogP contribution in [-0.2, 0) is 9.53 Å². The van der Waals surface area contributed by atoms with Crippen LogP contribution in [0.5, 0.6) is 11.5 Å². The summed E-state index contributed by atoms with van der Waals surface area (Å²) in [5, 5.41) is 0.582. The van der Waals surface area contributed by atoms with E-state index in [0.717, 1.165) is 5.56 Å². The third kappa shape index (κ3) is 2.17. The van der Waals surface area contributed by atoms with E-state index in [1.54, 1.807) is 24.3 Å². The molecule has 100 valence electrons. The largest absolute Gasteiger partial charge is 0.465 e. The average Bonchev–Trinajstić information content (AvgIpc) is 2.63. The minimum Gasteiger partial charge on any atom is -0.465 e. The Morgan fingerprint density at radius 2 is 1.95 bits per heavy atom. The van der Waals surface area contributed by atoms with Crippen LogP contribution in [0.2, 0.25) is 5.02 Å². The zero-order chi connectivity index (χ0) is 14.1. The first-order valence-electron chi connectivity index (χ1n) is 6.06. The Hall–Kier alpha value is -2.26. The third-order valence-electron chi connectivity index (χ3n) is 3.07. The van der Waals surface area contributed by atoms with Crippen molar-refractivity contribution in [3.05, 3.63) is 58.6 Å². The number of hydrogen-bond donors (Lipinski definition) is 0. The van der Waals surface area contributed by atoms with Crippen LogP contribution < -0.4 is 4.74 Å². The van der Waals surface area contributed by atoms with Crippen LogP contribution in [0.25, 0.3) is 11.6 Å². The zero-order valence-corrected chi connectivity index (χ0v) is 11.5. The fourth-order valence-electron chi connectivity index (χ4n) is 2.13. The average molecular weight is 287 g/mol. The lowest BCUT2D eigenvalue weighted by molar-refractivity contribution is -0.133. The molecular formula is C16H11ClO3. The van der Waals surface area contributed by atoms with Gasteiger partial charge in [-0.15, -0.1) is 0 Å². The van der Waals surface area contributed by atoms with E-state index in [-0.39, 0.29) is 0 Å². The molecule has 0 saturated heterocycles. The van der Waals surface area contributed by atoms with Crippen LogP contribution in [-0.4, -0.2) is 13.1 Å². The second kappa shape index (κ2) is 5.02. The predicted octanol–water partition coefficient (Wildman–Crippen LogP) is 4.16. The Kier molecular flexibility index (Phi) is 3.20. The van der Waals surface area contributed by atoms with Gasteiger partial charge in [-0.2, -0.15) is 0 Å². The number of ether oxygens (including phenoxy) is 2. The zero-order valence-electron chi connectivity index (χ0n) is 10.7. The molecule has 0 N–H and O–H groups in total. The summed E-state index contributed by atoms with van der Waals surface area (Å²) in [5.74, 6) is 0.861. The number of hydrogen-bond acceptors (Lipinski definition) is 3. The van der Waals surface area contributed by atoms with Crippen molar-refractivity contribution in [2.75, 3.05) is 7.11 Å². The Labute approximate surface area is 121 Å². The van der Waals surface area contributed by atoms with E-state index >= 15 is 0 Å². The SMILES string of the molecule is COC(=O)C1=Cc2cc(Cl)ccc2Oc2ccccc21. The van der Waals surface area contributed by atoms with Crippen LogP contribution in [0.15, 0.2) is 42.5 Å². The summed E-state index contributed by atoms with van der Waals surface area (Å²) in [6.07, 6.45) is 1.74. The molecule has 4 heteroatoms. The van der Waals surface area contributed by atoms with Gasteiger partial charge < -0.3 is 9.47 Å². The van der Waals surface area contributed by atoms with Gasteiger partial charge in [0.25, 0.3) is 0 Å². The van der Waals surface area contributed by atoms with Crippen LogP contribution in [0, 0.1) is 0 Å². The fraction of sp³-hybridized carbons (Fsp3) is 0.0625. The summed E-state index contributed by atoms with van der Waals surface area (Å²) in [4.78, 5) is 12.0. The summed E-state index contributed by atoms with van der Waals surface area (Å²) in [6, 6.07) is 12.6. The van der Waals surface area contributed by atoms with Crippen molar-refractivity contribution in [1.82, 2.24) is 0 Å². The minimum absolute atomic E-state index is 0.408. The van der Waals surface area contributed by atoms with Gasteiger partial charge in [0.1, 0.15) is 11.5 Å². The number of carbonyl (C=O) groups excluding carboxylic acids is 1. The van der Waals surface area contributed by atoms with Gasteiger partial charge in [0.05, 0.1) is 12.7 Å². The molecule has 0 atom stereocenters. The van der Waals surface area contributed by atoms with Crippen LogP contribution >= 0.6 is 11.6 Å². The Balaban J connectivity index is 2.26. The highest BCUT2D eigenvalue weighted by Crippen LogP contribution is 2.39. The van der Waals surface area contributed by atoms with E-state index in [0.29, 0.717) is 27.7 Å². The number of halogens is 1. The molecule has 0 aliphatic carbocycles. The van der Waals surface area contributed by atoms with E-state index in [9.17, 15) is 4.79 Å². The molecule has 1 aliphatic heterocycles. The lowest BCUT2D eigenvalue weighted by Gasteiger charge is -2.09. The van der Waals surface area contributed by atoms with Gasteiger partial charge in [-0.1, -0.05) is 29.8 Å². The monoisotopic (exact) mass is 286 g/mol. The van der Waals surface area contributed by atoms with Crippen LogP contribution in [0.3, 0.4) is 0 Å². The smallest absolute Gasteiger partial charge is 0.338 e. The quantitative estimate of drug-likeness (QED) is 0.739. The van der Waals surface area contributed by atoms with Gasteiger partial charge in [-0.05, 0) is 30.3 Å². The van der Waals surface area contributed by atoms with Gasteiger partial charge >= 0.3 is 5.97 Å². The highest BCUT2D eigenvalue weighted by Gasteiger charge is 2.21. The first-order valence-corrected chi connectivity index (χ1v) is 6.43. The van der Waals surface area contributed by atoms with Gasteiger partial charge in [-0.3, -0.25) is 0 Å². The van der Waals surface area contributed by atoms with Crippen molar-refractivity contribution in [2.24, 2.45) is 0 Å². The Morgan fingerprint density at radius 3 is 2.75 bits per heavy atom. The maximum atomic E-state index is 12.0. The number of esters is 1. The maximum Gasteiger partial charge on any atom is 0.338 e. The second-order valence-corrected chi connectivity index (χ2v) is 4.77. The topological polar surface area (TPSA) is 35.5 Å². The normalized spacial score (nSPS) is 12.4. The molecule has 3 nitrogen and oxygen atoms in total. The van der Waals surface area contributed by atoms with Gasteiger partial charge in [0.2, 0.25) is 0 Å². The molecule has 0 saturated carbocycles. The van der Waals surface area contributed by atoms with Crippen molar-refractivity contribution in [3.8, 4) is 11.5 Å². The fourth-order valence-corrected chi connectivity index (χ4v) is 2.31. The summed E-state index contributed by atoms with van der Waals surface area (Å²) in [5.41, 5.74) is 1.89. The molecule has 0 fully saturated rings. The van der Waals surface area contributed by atoms with Gasteiger partial charge in [0, 0.05) is 16.1 Å². The number of carbonyl (C=O) groups is 1. The highest BCUT2D eigenvalue weighted by atomic mass is 35.5. The Bertz CT molecular complexity index is 719. The molecule has 0 radical (unpaired) electrons. The molecule has 2 aromatic rings. The standard InChI is InChI=1S/C16H11ClO3/c1-19-16(18)13-9-10-8-11(17)6-7-14(10)20-15-5-3-2-4-12(13)15/h2-9H,1H3. The molecule has 20 heavy (non-hydrogen) atoms. The van der Waals surface area contributed by atoms with Crippen molar-refractivity contribution >= 4 is 29.2 Å². The summed E-state index contributed by atoms with van der Waals surface area (Å²) < 4.78 is 10.7. The molecule has 0 spiro atoms. The molecular weight excluding hydrogens is 276 g/mol. The molecule has 1 aliphatic rings. The maximum absolute atomic E-state index is 12.0. The van der Waals surface area contributed by atoms with Crippen molar-refractivity contribution in [3.63, 3.8) is 0 Å². The third-order valence-corrected chi connectivity index (χ3v) is 3.31.